The maximum absolute atomic E-state index is 12.7. The Kier molecular flexibility index (Phi) is 3.61. The molecule has 0 spiro atoms. The van der Waals surface area contributed by atoms with Gasteiger partial charge in [-0.2, -0.15) is 8.42 Å². The van der Waals surface area contributed by atoms with E-state index in [4.69, 9.17) is 0 Å². The van der Waals surface area contributed by atoms with Crippen molar-refractivity contribution in [1.82, 2.24) is 4.98 Å². The number of nitrogens with zero attached hydrogens (tertiary/aromatic N) is 2. The van der Waals surface area contributed by atoms with Gasteiger partial charge in [-0.3, -0.25) is 0 Å². The molecule has 0 radical (unpaired) electrons. The topological polar surface area (TPSA) is 50.3 Å². The van der Waals surface area contributed by atoms with Crippen LogP contribution in [0.15, 0.2) is 18.3 Å². The van der Waals surface area contributed by atoms with Crippen molar-refractivity contribution in [1.29, 1.82) is 0 Å². The molecule has 1 fully saturated rings. The lowest BCUT2D eigenvalue weighted by Gasteiger charge is -2.29. The summed E-state index contributed by atoms with van der Waals surface area (Å²) >= 11 is 0. The molecule has 0 unspecified atom stereocenters. The average Bonchev–Trinajstić information content (AvgIpc) is 2.29. The molecule has 0 atom stereocenters. The number of halogens is 1. The van der Waals surface area contributed by atoms with Gasteiger partial charge in [0.1, 0.15) is 11.6 Å². The van der Waals surface area contributed by atoms with Gasteiger partial charge in [0.25, 0.3) is 0 Å². The SMILES string of the molecule is O=S(=O)(F)Cc1cccnc1N1CCCCC1. The second-order valence-electron chi connectivity index (χ2n) is 4.22. The monoisotopic (exact) mass is 258 g/mol. The number of rotatable bonds is 3. The van der Waals surface area contributed by atoms with Crippen LogP contribution in [-0.2, 0) is 16.0 Å². The summed E-state index contributed by atoms with van der Waals surface area (Å²) in [6.07, 6.45) is 4.93. The third kappa shape index (κ3) is 3.39. The predicted molar refractivity (Wildman–Crippen MR) is 64.0 cm³/mol. The Morgan fingerprint density at radius 3 is 2.65 bits per heavy atom. The van der Waals surface area contributed by atoms with Crippen molar-refractivity contribution in [2.45, 2.75) is 25.0 Å². The molecule has 1 aliphatic heterocycles. The van der Waals surface area contributed by atoms with Crippen molar-refractivity contribution < 1.29 is 12.3 Å². The lowest BCUT2D eigenvalue weighted by molar-refractivity contribution is 0.549. The Morgan fingerprint density at radius 2 is 2.00 bits per heavy atom. The van der Waals surface area contributed by atoms with Gasteiger partial charge in [0.2, 0.25) is 0 Å². The number of hydrogen-bond donors (Lipinski definition) is 0. The second kappa shape index (κ2) is 5.00. The number of anilines is 1. The quantitative estimate of drug-likeness (QED) is 0.777. The molecule has 0 amide bonds. The average molecular weight is 258 g/mol. The van der Waals surface area contributed by atoms with Crippen LogP contribution < -0.4 is 4.90 Å². The van der Waals surface area contributed by atoms with Crippen LogP contribution in [0.5, 0.6) is 0 Å². The van der Waals surface area contributed by atoms with E-state index in [2.05, 4.69) is 4.98 Å². The fraction of sp³-hybridized carbons (Fsp3) is 0.545. The van der Waals surface area contributed by atoms with Crippen molar-refractivity contribution in [3.05, 3.63) is 23.9 Å². The molecular weight excluding hydrogens is 243 g/mol. The number of hydrogen-bond acceptors (Lipinski definition) is 4. The summed E-state index contributed by atoms with van der Waals surface area (Å²) in [5.74, 6) is 0.0144. The van der Waals surface area contributed by atoms with E-state index in [-0.39, 0.29) is 0 Å². The Morgan fingerprint density at radius 1 is 1.29 bits per heavy atom. The van der Waals surface area contributed by atoms with Crippen LogP contribution in [-0.4, -0.2) is 26.5 Å². The summed E-state index contributed by atoms with van der Waals surface area (Å²) in [7, 11) is -4.51. The molecular formula is C11H15FN2O2S. The molecule has 0 aliphatic carbocycles. The zero-order valence-corrected chi connectivity index (χ0v) is 10.3. The highest BCUT2D eigenvalue weighted by molar-refractivity contribution is 7.85. The molecule has 0 saturated carbocycles. The van der Waals surface area contributed by atoms with E-state index in [9.17, 15) is 12.3 Å². The van der Waals surface area contributed by atoms with Crippen molar-refractivity contribution in [3.63, 3.8) is 0 Å². The maximum Gasteiger partial charge on any atom is 0.306 e. The first kappa shape index (κ1) is 12.3. The summed E-state index contributed by atoms with van der Waals surface area (Å²) in [6.45, 7) is 1.71. The Bertz CT molecular complexity index is 484. The zero-order valence-electron chi connectivity index (χ0n) is 9.47. The minimum atomic E-state index is -4.51. The van der Waals surface area contributed by atoms with Crippen LogP contribution in [0, 0.1) is 0 Å². The van der Waals surface area contributed by atoms with Crippen molar-refractivity contribution in [2.24, 2.45) is 0 Å². The molecule has 0 N–H and O–H groups in total. The third-order valence-corrected chi connectivity index (χ3v) is 3.51. The highest BCUT2D eigenvalue weighted by Crippen LogP contribution is 2.23. The zero-order chi connectivity index (χ0) is 12.3. The van der Waals surface area contributed by atoms with Gasteiger partial charge in [-0.05, 0) is 25.3 Å². The molecule has 1 saturated heterocycles. The molecule has 1 aromatic rings. The Hall–Kier alpha value is -1.17. The first-order valence-corrected chi connectivity index (χ1v) is 7.23. The molecule has 1 aromatic heterocycles. The molecule has 4 nitrogen and oxygen atoms in total. The Labute approximate surface area is 101 Å². The minimum absolute atomic E-state index is 0.442. The van der Waals surface area contributed by atoms with Crippen LogP contribution in [0.4, 0.5) is 9.70 Å². The van der Waals surface area contributed by atoms with Gasteiger partial charge in [-0.1, -0.05) is 6.07 Å². The number of aromatic nitrogens is 1. The molecule has 6 heteroatoms. The van der Waals surface area contributed by atoms with Crippen LogP contribution >= 0.6 is 0 Å². The van der Waals surface area contributed by atoms with E-state index in [0.29, 0.717) is 11.4 Å². The van der Waals surface area contributed by atoms with Gasteiger partial charge >= 0.3 is 10.2 Å². The maximum atomic E-state index is 12.7. The molecule has 2 heterocycles. The van der Waals surface area contributed by atoms with Gasteiger partial charge in [0.05, 0.1) is 0 Å². The van der Waals surface area contributed by atoms with E-state index in [0.717, 1.165) is 25.9 Å². The minimum Gasteiger partial charge on any atom is -0.356 e. The summed E-state index contributed by atoms with van der Waals surface area (Å²) in [6, 6.07) is 3.25. The van der Waals surface area contributed by atoms with Crippen molar-refractivity contribution in [2.75, 3.05) is 18.0 Å². The molecule has 0 aromatic carbocycles. The second-order valence-corrected chi connectivity index (χ2v) is 5.58. The molecule has 94 valence electrons. The summed E-state index contributed by atoms with van der Waals surface area (Å²) in [4.78, 5) is 6.21. The van der Waals surface area contributed by atoms with E-state index in [1.54, 1.807) is 18.3 Å². The molecule has 17 heavy (non-hydrogen) atoms. The van der Waals surface area contributed by atoms with Gasteiger partial charge in [0.15, 0.2) is 0 Å². The fourth-order valence-electron chi connectivity index (χ4n) is 2.12. The standard InChI is InChI=1S/C11H15FN2O2S/c12-17(15,16)9-10-5-4-6-13-11(10)14-7-2-1-3-8-14/h4-6H,1-3,7-9H2. The molecule has 0 bridgehead atoms. The van der Waals surface area contributed by atoms with Crippen LogP contribution in [0.25, 0.3) is 0 Å². The van der Waals surface area contributed by atoms with E-state index in [1.807, 2.05) is 4.90 Å². The van der Waals surface area contributed by atoms with E-state index >= 15 is 0 Å². The highest BCUT2D eigenvalue weighted by Gasteiger charge is 2.19. The normalized spacial score (nSPS) is 17.1. The number of piperidine rings is 1. The largest absolute Gasteiger partial charge is 0.356 e. The van der Waals surface area contributed by atoms with Crippen LogP contribution in [0.2, 0.25) is 0 Å². The predicted octanol–water partition coefficient (Wildman–Crippen LogP) is 1.87. The third-order valence-electron chi connectivity index (χ3n) is 2.85. The Balaban J connectivity index is 2.26. The smallest absolute Gasteiger partial charge is 0.306 e. The summed E-state index contributed by atoms with van der Waals surface area (Å²) < 4.78 is 34.2. The lowest BCUT2D eigenvalue weighted by Crippen LogP contribution is -2.31. The van der Waals surface area contributed by atoms with Crippen LogP contribution in [0.1, 0.15) is 24.8 Å². The molecule has 1 aliphatic rings. The number of pyridine rings is 1. The van der Waals surface area contributed by atoms with Gasteiger partial charge in [0, 0.05) is 24.8 Å². The van der Waals surface area contributed by atoms with Gasteiger partial charge in [-0.25, -0.2) is 4.98 Å². The van der Waals surface area contributed by atoms with Crippen LogP contribution in [0.3, 0.4) is 0 Å². The molecule has 2 rings (SSSR count). The van der Waals surface area contributed by atoms with Crippen molar-refractivity contribution in [3.8, 4) is 0 Å². The first-order chi connectivity index (χ1) is 8.06. The van der Waals surface area contributed by atoms with Gasteiger partial charge < -0.3 is 4.90 Å². The summed E-state index contributed by atoms with van der Waals surface area (Å²) in [5, 5.41) is 0. The van der Waals surface area contributed by atoms with Gasteiger partial charge in [-0.15, -0.1) is 3.89 Å². The fourth-order valence-corrected chi connectivity index (χ4v) is 2.72. The van der Waals surface area contributed by atoms with E-state index < -0.39 is 16.0 Å². The summed E-state index contributed by atoms with van der Waals surface area (Å²) in [5.41, 5.74) is 0.442. The first-order valence-electron chi connectivity index (χ1n) is 5.67. The highest BCUT2D eigenvalue weighted by atomic mass is 32.3. The van der Waals surface area contributed by atoms with Crippen molar-refractivity contribution >= 4 is 16.0 Å². The van der Waals surface area contributed by atoms with E-state index in [1.165, 1.54) is 6.42 Å². The lowest BCUT2D eigenvalue weighted by atomic mass is 10.1.